The lowest BCUT2D eigenvalue weighted by molar-refractivity contribution is 0.0744. The van der Waals surface area contributed by atoms with Gasteiger partial charge in [-0.3, -0.25) is 9.89 Å². The van der Waals surface area contributed by atoms with Crippen LogP contribution in [-0.2, 0) is 0 Å². The van der Waals surface area contributed by atoms with Gasteiger partial charge in [0.15, 0.2) is 5.96 Å². The van der Waals surface area contributed by atoms with E-state index in [1.54, 1.807) is 0 Å². The topological polar surface area (TPSA) is 59.9 Å². The van der Waals surface area contributed by atoms with Gasteiger partial charge in [-0.25, -0.2) is 8.78 Å². The van der Waals surface area contributed by atoms with Gasteiger partial charge >= 0.3 is 0 Å². The summed E-state index contributed by atoms with van der Waals surface area (Å²) in [6.45, 7) is 4.71. The molecular weight excluding hydrogens is 302 g/mol. The number of aliphatic imine (C=N–C) groups is 1. The molecule has 1 aliphatic carbocycles. The van der Waals surface area contributed by atoms with Gasteiger partial charge in [-0.15, -0.1) is 0 Å². The molecule has 0 radical (unpaired) electrons. The molecule has 0 amide bonds. The van der Waals surface area contributed by atoms with Gasteiger partial charge in [-0.1, -0.05) is 6.42 Å². The van der Waals surface area contributed by atoms with E-state index in [0.717, 1.165) is 44.6 Å². The van der Waals surface area contributed by atoms with Gasteiger partial charge in [-0.2, -0.15) is 0 Å². The van der Waals surface area contributed by atoms with Crippen molar-refractivity contribution < 1.29 is 13.9 Å². The average Bonchev–Trinajstić information content (AvgIpc) is 2.92. The van der Waals surface area contributed by atoms with Crippen molar-refractivity contribution in [3.05, 3.63) is 0 Å². The molecule has 0 spiro atoms. The lowest BCUT2D eigenvalue weighted by atomic mass is 10.1. The number of alkyl halides is 2. The number of nitrogens with zero attached hydrogens (tertiary/aromatic N) is 2. The zero-order valence-corrected chi connectivity index (χ0v) is 14.0. The maximum atomic E-state index is 12.4. The fourth-order valence-corrected chi connectivity index (χ4v) is 3.41. The van der Waals surface area contributed by atoms with Crippen LogP contribution in [0, 0.1) is 5.92 Å². The molecule has 3 N–H and O–H groups in total. The fraction of sp³-hybridized carbons (Fsp3) is 0.938. The van der Waals surface area contributed by atoms with Gasteiger partial charge in [0.2, 0.25) is 0 Å². The van der Waals surface area contributed by atoms with E-state index in [0.29, 0.717) is 19.6 Å². The number of aliphatic hydroxyl groups is 1. The molecule has 0 aromatic rings. The zero-order chi connectivity index (χ0) is 16.7. The van der Waals surface area contributed by atoms with Crippen molar-refractivity contribution in [1.29, 1.82) is 0 Å². The SMILES string of the molecule is CCNC(=NCC1CCCC1O)NC1CCN(CC(F)F)CC1. The number of piperidine rings is 1. The van der Waals surface area contributed by atoms with E-state index in [4.69, 9.17) is 0 Å². The number of halogens is 2. The number of guanidine groups is 1. The second-order valence-corrected chi connectivity index (χ2v) is 6.59. The average molecular weight is 332 g/mol. The molecule has 7 heteroatoms. The first-order valence-corrected chi connectivity index (χ1v) is 8.82. The molecule has 134 valence electrons. The first kappa shape index (κ1) is 18.4. The molecule has 1 heterocycles. The maximum absolute atomic E-state index is 12.4. The normalized spacial score (nSPS) is 27.6. The van der Waals surface area contributed by atoms with Gasteiger partial charge in [-0.05, 0) is 32.6 Å². The minimum Gasteiger partial charge on any atom is -0.393 e. The molecule has 0 aromatic carbocycles. The molecule has 1 aliphatic heterocycles. The van der Waals surface area contributed by atoms with E-state index in [1.807, 2.05) is 11.8 Å². The highest BCUT2D eigenvalue weighted by Crippen LogP contribution is 2.25. The van der Waals surface area contributed by atoms with Crippen molar-refractivity contribution in [2.24, 2.45) is 10.9 Å². The van der Waals surface area contributed by atoms with Gasteiger partial charge in [0.05, 0.1) is 12.6 Å². The monoisotopic (exact) mass is 332 g/mol. The number of hydrogen-bond acceptors (Lipinski definition) is 3. The number of aliphatic hydroxyl groups excluding tert-OH is 1. The van der Waals surface area contributed by atoms with Crippen LogP contribution >= 0.6 is 0 Å². The summed E-state index contributed by atoms with van der Waals surface area (Å²) in [7, 11) is 0. The Labute approximate surface area is 137 Å². The van der Waals surface area contributed by atoms with Crippen molar-refractivity contribution in [2.75, 3.05) is 32.7 Å². The van der Waals surface area contributed by atoms with E-state index in [1.165, 1.54) is 0 Å². The van der Waals surface area contributed by atoms with Crippen LogP contribution in [0.5, 0.6) is 0 Å². The minimum atomic E-state index is -2.25. The Kier molecular flexibility index (Phi) is 7.49. The Morgan fingerprint density at radius 3 is 2.57 bits per heavy atom. The van der Waals surface area contributed by atoms with Crippen molar-refractivity contribution in [2.45, 2.75) is 57.6 Å². The summed E-state index contributed by atoms with van der Waals surface area (Å²) >= 11 is 0. The van der Waals surface area contributed by atoms with Gasteiger partial charge < -0.3 is 15.7 Å². The van der Waals surface area contributed by atoms with Crippen molar-refractivity contribution >= 4 is 5.96 Å². The van der Waals surface area contributed by atoms with Gasteiger partial charge in [0.25, 0.3) is 6.43 Å². The molecule has 23 heavy (non-hydrogen) atoms. The number of likely N-dealkylation sites (tertiary alicyclic amines) is 1. The minimum absolute atomic E-state index is 0.125. The van der Waals surface area contributed by atoms with Crippen LogP contribution in [0.3, 0.4) is 0 Å². The molecule has 0 aromatic heterocycles. The first-order valence-electron chi connectivity index (χ1n) is 8.82. The van der Waals surface area contributed by atoms with E-state index >= 15 is 0 Å². The second kappa shape index (κ2) is 9.37. The van der Waals surface area contributed by atoms with E-state index in [9.17, 15) is 13.9 Å². The van der Waals surface area contributed by atoms with Crippen LogP contribution in [0.4, 0.5) is 8.78 Å². The largest absolute Gasteiger partial charge is 0.393 e. The summed E-state index contributed by atoms with van der Waals surface area (Å²) in [5.74, 6) is 1.04. The van der Waals surface area contributed by atoms with E-state index in [2.05, 4.69) is 15.6 Å². The van der Waals surface area contributed by atoms with Crippen LogP contribution in [-0.4, -0.2) is 67.3 Å². The Bertz CT molecular complexity index is 373. The molecular formula is C16H30F2N4O. The van der Waals surface area contributed by atoms with Crippen molar-refractivity contribution in [3.63, 3.8) is 0 Å². The van der Waals surface area contributed by atoms with Crippen molar-refractivity contribution in [1.82, 2.24) is 15.5 Å². The number of rotatable bonds is 6. The smallest absolute Gasteiger partial charge is 0.251 e. The predicted octanol–water partition coefficient (Wildman–Crippen LogP) is 1.43. The standard InChI is InChI=1S/C16H30F2N4O/c1-2-19-16(20-10-12-4-3-5-14(12)23)21-13-6-8-22(9-7-13)11-15(17)18/h12-15,23H,2-11H2,1H3,(H2,19,20,21). The summed E-state index contributed by atoms with van der Waals surface area (Å²) in [6, 6.07) is 0.273. The number of hydrogen-bond donors (Lipinski definition) is 3. The third-order valence-electron chi connectivity index (χ3n) is 4.77. The quantitative estimate of drug-likeness (QED) is 0.509. The highest BCUT2D eigenvalue weighted by atomic mass is 19.3. The predicted molar refractivity (Wildman–Crippen MR) is 87.9 cm³/mol. The van der Waals surface area contributed by atoms with E-state index < -0.39 is 6.43 Å². The Balaban J connectivity index is 1.78. The highest BCUT2D eigenvalue weighted by molar-refractivity contribution is 5.80. The Morgan fingerprint density at radius 1 is 1.26 bits per heavy atom. The maximum Gasteiger partial charge on any atom is 0.251 e. The molecule has 1 saturated carbocycles. The highest BCUT2D eigenvalue weighted by Gasteiger charge is 2.25. The molecule has 0 bridgehead atoms. The van der Waals surface area contributed by atoms with Crippen LogP contribution in [0.2, 0.25) is 0 Å². The van der Waals surface area contributed by atoms with Crippen LogP contribution in [0.1, 0.15) is 39.0 Å². The second-order valence-electron chi connectivity index (χ2n) is 6.59. The van der Waals surface area contributed by atoms with E-state index in [-0.39, 0.29) is 24.6 Å². The third kappa shape index (κ3) is 6.22. The molecule has 2 aliphatic rings. The summed E-state index contributed by atoms with van der Waals surface area (Å²) < 4.78 is 24.8. The van der Waals surface area contributed by atoms with Crippen LogP contribution < -0.4 is 10.6 Å². The van der Waals surface area contributed by atoms with Crippen molar-refractivity contribution in [3.8, 4) is 0 Å². The molecule has 2 fully saturated rings. The summed E-state index contributed by atoms with van der Waals surface area (Å²) in [6.07, 6.45) is 2.22. The lowest BCUT2D eigenvalue weighted by Crippen LogP contribution is -2.49. The zero-order valence-electron chi connectivity index (χ0n) is 14.0. The fourth-order valence-electron chi connectivity index (χ4n) is 3.41. The molecule has 2 unspecified atom stereocenters. The van der Waals surface area contributed by atoms with Crippen LogP contribution in [0.15, 0.2) is 4.99 Å². The molecule has 2 rings (SSSR count). The third-order valence-corrected chi connectivity index (χ3v) is 4.77. The summed E-state index contributed by atoms with van der Waals surface area (Å²) in [4.78, 5) is 6.43. The molecule has 1 saturated heterocycles. The van der Waals surface area contributed by atoms with Gasteiger partial charge in [0.1, 0.15) is 0 Å². The molecule has 5 nitrogen and oxygen atoms in total. The molecule has 2 atom stereocenters. The summed E-state index contributed by atoms with van der Waals surface area (Å²) in [5, 5.41) is 16.5. The lowest BCUT2D eigenvalue weighted by Gasteiger charge is -2.32. The Morgan fingerprint density at radius 2 is 2.00 bits per heavy atom. The number of nitrogens with one attached hydrogen (secondary N) is 2. The first-order chi connectivity index (χ1) is 11.1. The van der Waals surface area contributed by atoms with Crippen LogP contribution in [0.25, 0.3) is 0 Å². The van der Waals surface area contributed by atoms with Gasteiger partial charge in [0, 0.05) is 38.1 Å². The summed E-state index contributed by atoms with van der Waals surface area (Å²) in [5.41, 5.74) is 0. The Hall–Kier alpha value is -0.950.